The van der Waals surface area contributed by atoms with Gasteiger partial charge in [-0.25, -0.2) is 0 Å². The van der Waals surface area contributed by atoms with E-state index in [1.807, 2.05) is 30.6 Å². The maximum Gasteiger partial charge on any atom is 0.0449 e. The number of pyridine rings is 1. The lowest BCUT2D eigenvalue weighted by molar-refractivity contribution is 0.857. The lowest BCUT2D eigenvalue weighted by Crippen LogP contribution is -2.03. The number of nitrogens with zero attached hydrogens (tertiary/aromatic N) is 1. The van der Waals surface area contributed by atoms with Crippen molar-refractivity contribution in [3.8, 4) is 0 Å². The molecule has 14 heavy (non-hydrogen) atoms. The first-order valence-corrected chi connectivity index (χ1v) is 5.19. The summed E-state index contributed by atoms with van der Waals surface area (Å²) in [6.45, 7) is 2.50. The molecule has 0 saturated carbocycles. The Labute approximate surface area is 84.6 Å². The van der Waals surface area contributed by atoms with Crippen LogP contribution in [-0.2, 0) is 0 Å². The van der Waals surface area contributed by atoms with Crippen molar-refractivity contribution in [3.63, 3.8) is 0 Å². The number of rotatable bonds is 0. The normalized spacial score (nSPS) is 15.1. The SMILES string of the molecule is C1CCNC1.c1ccn2cccc2c1. The Kier molecular flexibility index (Phi) is 3.19. The molecule has 3 rings (SSSR count). The number of hydrogen-bond acceptors (Lipinski definition) is 1. The fourth-order valence-corrected chi connectivity index (χ4v) is 1.61. The molecule has 2 heteroatoms. The molecule has 0 unspecified atom stereocenters. The van der Waals surface area contributed by atoms with Crippen LogP contribution in [0.25, 0.3) is 5.52 Å². The standard InChI is InChI=1S/C8H7N.C4H9N/c1-2-6-9-7-3-5-8(9)4-1;1-2-4-5-3-1/h1-7H;5H,1-4H2. The second-order valence-electron chi connectivity index (χ2n) is 3.50. The van der Waals surface area contributed by atoms with Gasteiger partial charge in [-0.05, 0) is 50.2 Å². The van der Waals surface area contributed by atoms with Crippen LogP contribution in [-0.4, -0.2) is 17.5 Å². The van der Waals surface area contributed by atoms with Crippen molar-refractivity contribution in [2.75, 3.05) is 13.1 Å². The number of hydrogen-bond donors (Lipinski definition) is 1. The second kappa shape index (κ2) is 4.82. The Hall–Kier alpha value is -1.28. The van der Waals surface area contributed by atoms with Gasteiger partial charge in [-0.3, -0.25) is 0 Å². The molecular weight excluding hydrogens is 172 g/mol. The molecule has 0 amide bonds. The summed E-state index contributed by atoms with van der Waals surface area (Å²) in [5.41, 5.74) is 1.25. The number of fused-ring (bicyclic) bond motifs is 1. The van der Waals surface area contributed by atoms with Crippen molar-refractivity contribution in [2.24, 2.45) is 0 Å². The van der Waals surface area contributed by atoms with Crippen LogP contribution in [0.2, 0.25) is 0 Å². The molecule has 0 radical (unpaired) electrons. The van der Waals surface area contributed by atoms with Gasteiger partial charge in [0.05, 0.1) is 0 Å². The molecule has 2 aromatic heterocycles. The molecule has 1 N–H and O–H groups in total. The van der Waals surface area contributed by atoms with E-state index in [1.54, 1.807) is 0 Å². The average molecular weight is 188 g/mol. The van der Waals surface area contributed by atoms with Crippen LogP contribution in [0.3, 0.4) is 0 Å². The van der Waals surface area contributed by atoms with Gasteiger partial charge >= 0.3 is 0 Å². The van der Waals surface area contributed by atoms with Crippen LogP contribution in [0.5, 0.6) is 0 Å². The van der Waals surface area contributed by atoms with E-state index in [0.717, 1.165) is 0 Å². The summed E-state index contributed by atoms with van der Waals surface area (Å²) in [6.07, 6.45) is 6.85. The second-order valence-corrected chi connectivity index (χ2v) is 3.50. The predicted molar refractivity (Wildman–Crippen MR) is 59.5 cm³/mol. The van der Waals surface area contributed by atoms with Crippen LogP contribution in [0.1, 0.15) is 12.8 Å². The van der Waals surface area contributed by atoms with Gasteiger partial charge in [-0.15, -0.1) is 0 Å². The maximum absolute atomic E-state index is 3.22. The third kappa shape index (κ3) is 2.36. The van der Waals surface area contributed by atoms with Crippen molar-refractivity contribution in [1.29, 1.82) is 0 Å². The number of nitrogens with one attached hydrogen (secondary N) is 1. The van der Waals surface area contributed by atoms with Crippen molar-refractivity contribution in [3.05, 3.63) is 42.7 Å². The quantitative estimate of drug-likeness (QED) is 0.671. The van der Waals surface area contributed by atoms with Crippen molar-refractivity contribution in [1.82, 2.24) is 9.72 Å². The van der Waals surface area contributed by atoms with E-state index in [4.69, 9.17) is 0 Å². The van der Waals surface area contributed by atoms with Crippen LogP contribution in [0.4, 0.5) is 0 Å². The Morgan fingerprint density at radius 3 is 2.29 bits per heavy atom. The third-order valence-corrected chi connectivity index (χ3v) is 2.39. The minimum Gasteiger partial charge on any atom is -0.324 e. The largest absolute Gasteiger partial charge is 0.324 e. The fraction of sp³-hybridized carbons (Fsp3) is 0.333. The van der Waals surface area contributed by atoms with Crippen molar-refractivity contribution >= 4 is 5.52 Å². The Bertz CT molecular complexity index is 337. The van der Waals surface area contributed by atoms with E-state index in [2.05, 4.69) is 21.9 Å². The van der Waals surface area contributed by atoms with Gasteiger partial charge in [0.15, 0.2) is 0 Å². The Morgan fingerprint density at radius 2 is 1.64 bits per heavy atom. The first kappa shape index (κ1) is 9.28. The van der Waals surface area contributed by atoms with Crippen molar-refractivity contribution in [2.45, 2.75) is 12.8 Å². The zero-order chi connectivity index (χ0) is 9.64. The smallest absolute Gasteiger partial charge is 0.0449 e. The fourth-order valence-electron chi connectivity index (χ4n) is 1.61. The zero-order valence-electron chi connectivity index (χ0n) is 8.32. The highest BCUT2D eigenvalue weighted by molar-refractivity contribution is 5.46. The summed E-state index contributed by atoms with van der Waals surface area (Å²) in [7, 11) is 0. The van der Waals surface area contributed by atoms with E-state index >= 15 is 0 Å². The van der Waals surface area contributed by atoms with Crippen LogP contribution in [0.15, 0.2) is 42.7 Å². The van der Waals surface area contributed by atoms with Gasteiger partial charge in [-0.1, -0.05) is 6.07 Å². The van der Waals surface area contributed by atoms with Gasteiger partial charge in [0.2, 0.25) is 0 Å². The van der Waals surface area contributed by atoms with Gasteiger partial charge in [-0.2, -0.15) is 0 Å². The molecule has 0 aliphatic carbocycles. The lowest BCUT2D eigenvalue weighted by Gasteiger charge is -1.88. The lowest BCUT2D eigenvalue weighted by atomic mass is 10.4. The topological polar surface area (TPSA) is 16.4 Å². The molecule has 0 aromatic carbocycles. The highest BCUT2D eigenvalue weighted by atomic mass is 14.9. The van der Waals surface area contributed by atoms with Crippen LogP contribution in [0, 0.1) is 0 Å². The van der Waals surface area contributed by atoms with Crippen molar-refractivity contribution < 1.29 is 0 Å². The zero-order valence-corrected chi connectivity index (χ0v) is 8.32. The van der Waals surface area contributed by atoms with E-state index in [0.29, 0.717) is 0 Å². The molecule has 0 spiro atoms. The molecule has 0 bridgehead atoms. The predicted octanol–water partition coefficient (Wildman–Crippen LogP) is 2.31. The monoisotopic (exact) mass is 188 g/mol. The van der Waals surface area contributed by atoms with Gasteiger partial charge in [0.1, 0.15) is 0 Å². The van der Waals surface area contributed by atoms with E-state index < -0.39 is 0 Å². The molecule has 2 nitrogen and oxygen atoms in total. The minimum atomic E-state index is 1.25. The molecule has 1 fully saturated rings. The maximum atomic E-state index is 3.22. The molecule has 1 aliphatic rings. The average Bonchev–Trinajstić information content (AvgIpc) is 2.92. The molecular formula is C12H16N2. The molecule has 3 heterocycles. The van der Waals surface area contributed by atoms with Gasteiger partial charge < -0.3 is 9.72 Å². The molecule has 1 aliphatic heterocycles. The third-order valence-electron chi connectivity index (χ3n) is 2.39. The Morgan fingerprint density at radius 1 is 0.929 bits per heavy atom. The molecule has 1 saturated heterocycles. The summed E-state index contributed by atoms with van der Waals surface area (Å²) in [4.78, 5) is 0. The van der Waals surface area contributed by atoms with E-state index in [-0.39, 0.29) is 0 Å². The molecule has 74 valence electrons. The van der Waals surface area contributed by atoms with E-state index in [1.165, 1.54) is 31.4 Å². The van der Waals surface area contributed by atoms with Crippen LogP contribution >= 0.6 is 0 Å². The molecule has 2 aromatic rings. The highest BCUT2D eigenvalue weighted by Crippen LogP contribution is 2.01. The first-order valence-electron chi connectivity index (χ1n) is 5.19. The minimum absolute atomic E-state index is 1.25. The summed E-state index contributed by atoms with van der Waals surface area (Å²) in [6, 6.07) is 10.3. The highest BCUT2D eigenvalue weighted by Gasteiger charge is 1.93. The number of aromatic nitrogens is 1. The van der Waals surface area contributed by atoms with Gasteiger partial charge in [0, 0.05) is 17.9 Å². The van der Waals surface area contributed by atoms with E-state index in [9.17, 15) is 0 Å². The van der Waals surface area contributed by atoms with Crippen LogP contribution < -0.4 is 5.32 Å². The first-order chi connectivity index (χ1) is 6.97. The summed E-state index contributed by atoms with van der Waals surface area (Å²) < 4.78 is 2.08. The summed E-state index contributed by atoms with van der Waals surface area (Å²) in [5, 5.41) is 3.22. The molecule has 0 atom stereocenters. The van der Waals surface area contributed by atoms with Gasteiger partial charge in [0.25, 0.3) is 0 Å². The summed E-state index contributed by atoms with van der Waals surface area (Å²) >= 11 is 0. The Balaban J connectivity index is 0.000000128. The summed E-state index contributed by atoms with van der Waals surface area (Å²) in [5.74, 6) is 0.